The number of hydrogen-bond acceptors (Lipinski definition) is 6. The molecule has 186 valence electrons. The third-order valence-corrected chi connectivity index (χ3v) is 7.47. The van der Waals surface area contributed by atoms with Gasteiger partial charge in [-0.3, -0.25) is 19.4 Å². The first-order chi connectivity index (χ1) is 16.5. The van der Waals surface area contributed by atoms with Crippen molar-refractivity contribution in [2.24, 2.45) is 0 Å². The van der Waals surface area contributed by atoms with Gasteiger partial charge in [0.05, 0.1) is 6.04 Å². The molecule has 2 atom stereocenters. The number of hydrogen-bond donors (Lipinski definition) is 2. The second-order valence-corrected chi connectivity index (χ2v) is 9.78. The van der Waals surface area contributed by atoms with E-state index in [0.717, 1.165) is 52.4 Å². The van der Waals surface area contributed by atoms with Gasteiger partial charge in [0.2, 0.25) is 0 Å². The smallest absolute Gasteiger partial charge is 0.309 e. The van der Waals surface area contributed by atoms with Crippen LogP contribution in [0.4, 0.5) is 0 Å². The number of carbonyl (C=O) groups is 2. The largest absolute Gasteiger partial charge is 0.347 e. The van der Waals surface area contributed by atoms with Crippen molar-refractivity contribution in [3.8, 4) is 0 Å². The lowest BCUT2D eigenvalue weighted by molar-refractivity contribution is -0.139. The van der Waals surface area contributed by atoms with Gasteiger partial charge in [0.1, 0.15) is 0 Å². The molecule has 1 aromatic heterocycles. The molecule has 1 saturated heterocycles. The van der Waals surface area contributed by atoms with E-state index in [0.29, 0.717) is 6.54 Å². The number of rotatable bonds is 11. The van der Waals surface area contributed by atoms with Gasteiger partial charge < -0.3 is 15.5 Å². The van der Waals surface area contributed by atoms with Gasteiger partial charge in [-0.2, -0.15) is 0 Å². The Morgan fingerprint density at radius 2 is 1.71 bits per heavy atom. The standard InChI is InChI=1S/C26H39N5O2S/c1-4-29(5-2)14-13-27-25(32)26(33)28-21(3)24(23-12-9-19-34-23)31-17-15-30(16-18-31)20-22-10-7-6-8-11-22/h6-12,19,21,24H,4-5,13-18,20H2,1-3H3,(H,27,32)(H,28,33)/t21-,24-/m1/s1. The van der Waals surface area contributed by atoms with Crippen molar-refractivity contribution < 1.29 is 9.59 Å². The molecule has 1 aliphatic rings. The average Bonchev–Trinajstić information content (AvgIpc) is 3.38. The summed E-state index contributed by atoms with van der Waals surface area (Å²) in [6.45, 7) is 14.0. The zero-order valence-corrected chi connectivity index (χ0v) is 21.5. The van der Waals surface area contributed by atoms with Gasteiger partial charge in [0.25, 0.3) is 0 Å². The van der Waals surface area contributed by atoms with Crippen LogP contribution < -0.4 is 10.6 Å². The van der Waals surface area contributed by atoms with Gasteiger partial charge in [-0.25, -0.2) is 0 Å². The van der Waals surface area contributed by atoms with Crippen molar-refractivity contribution in [2.75, 3.05) is 52.4 Å². The Bertz CT molecular complexity index is 865. The maximum absolute atomic E-state index is 12.6. The molecule has 3 rings (SSSR count). The molecule has 0 bridgehead atoms. The number of carbonyl (C=O) groups excluding carboxylic acids is 2. The molecular weight excluding hydrogens is 446 g/mol. The van der Waals surface area contributed by atoms with Gasteiger partial charge in [-0.15, -0.1) is 11.3 Å². The first-order valence-corrected chi connectivity index (χ1v) is 13.2. The number of nitrogens with one attached hydrogen (secondary N) is 2. The topological polar surface area (TPSA) is 67.9 Å². The second kappa shape index (κ2) is 13.6. The predicted molar refractivity (Wildman–Crippen MR) is 139 cm³/mol. The Morgan fingerprint density at radius 3 is 2.32 bits per heavy atom. The summed E-state index contributed by atoms with van der Waals surface area (Å²) in [5, 5.41) is 7.80. The Morgan fingerprint density at radius 1 is 1.00 bits per heavy atom. The Kier molecular flexibility index (Phi) is 10.5. The van der Waals surface area contributed by atoms with E-state index in [1.54, 1.807) is 11.3 Å². The number of benzene rings is 1. The van der Waals surface area contributed by atoms with Gasteiger partial charge in [0, 0.05) is 56.7 Å². The highest BCUT2D eigenvalue weighted by Crippen LogP contribution is 2.29. The summed E-state index contributed by atoms with van der Waals surface area (Å²) in [5.74, 6) is -1.12. The maximum Gasteiger partial charge on any atom is 0.309 e. The lowest BCUT2D eigenvalue weighted by atomic mass is 10.0. The molecular formula is C26H39N5O2S. The van der Waals surface area contributed by atoms with Crippen molar-refractivity contribution in [3.05, 3.63) is 58.3 Å². The average molecular weight is 486 g/mol. The van der Waals surface area contributed by atoms with Crippen LogP contribution in [0.25, 0.3) is 0 Å². The van der Waals surface area contributed by atoms with Crippen LogP contribution in [0, 0.1) is 0 Å². The fraction of sp³-hybridized carbons (Fsp3) is 0.538. The third-order valence-electron chi connectivity index (χ3n) is 6.53. The highest BCUT2D eigenvalue weighted by atomic mass is 32.1. The molecule has 2 heterocycles. The van der Waals surface area contributed by atoms with Gasteiger partial charge in [0.15, 0.2) is 0 Å². The Balaban J connectivity index is 1.54. The van der Waals surface area contributed by atoms with E-state index in [4.69, 9.17) is 0 Å². The summed E-state index contributed by atoms with van der Waals surface area (Å²) >= 11 is 1.70. The van der Waals surface area contributed by atoms with E-state index in [9.17, 15) is 9.59 Å². The SMILES string of the molecule is CCN(CC)CCNC(=O)C(=O)N[C@H](C)[C@H](c1cccs1)N1CCN(Cc2ccccc2)CC1. The van der Waals surface area contributed by atoms with Crippen LogP contribution in [0.2, 0.25) is 0 Å². The fourth-order valence-electron chi connectivity index (χ4n) is 4.54. The summed E-state index contributed by atoms with van der Waals surface area (Å²) in [6.07, 6.45) is 0. The molecule has 1 aliphatic heterocycles. The summed E-state index contributed by atoms with van der Waals surface area (Å²) in [7, 11) is 0. The van der Waals surface area contributed by atoms with Crippen LogP contribution >= 0.6 is 11.3 Å². The molecule has 0 unspecified atom stereocenters. The molecule has 1 aromatic carbocycles. The fourth-order valence-corrected chi connectivity index (χ4v) is 5.51. The van der Waals surface area contributed by atoms with Crippen LogP contribution in [0.3, 0.4) is 0 Å². The normalized spacial score (nSPS) is 16.8. The second-order valence-electron chi connectivity index (χ2n) is 8.80. The highest BCUT2D eigenvalue weighted by Gasteiger charge is 2.31. The van der Waals surface area contributed by atoms with Crippen molar-refractivity contribution in [1.29, 1.82) is 0 Å². The molecule has 0 saturated carbocycles. The van der Waals surface area contributed by atoms with Gasteiger partial charge >= 0.3 is 11.8 Å². The predicted octanol–water partition coefficient (Wildman–Crippen LogP) is 2.57. The number of nitrogens with zero attached hydrogens (tertiary/aromatic N) is 3. The van der Waals surface area contributed by atoms with E-state index in [1.807, 2.05) is 19.1 Å². The summed E-state index contributed by atoms with van der Waals surface area (Å²) < 4.78 is 0. The zero-order chi connectivity index (χ0) is 24.3. The minimum Gasteiger partial charge on any atom is -0.347 e. The van der Waals surface area contributed by atoms with Gasteiger partial charge in [-0.05, 0) is 37.0 Å². The van der Waals surface area contributed by atoms with E-state index < -0.39 is 11.8 Å². The Labute approximate surface area is 208 Å². The number of likely N-dealkylation sites (N-methyl/N-ethyl adjacent to an activating group) is 1. The minimum atomic E-state index is -0.559. The van der Waals surface area contributed by atoms with E-state index in [1.165, 1.54) is 10.4 Å². The Hall–Kier alpha value is -2.26. The van der Waals surface area contributed by atoms with Crippen LogP contribution in [0.5, 0.6) is 0 Å². The first kappa shape index (κ1) is 26.3. The van der Waals surface area contributed by atoms with Crippen LogP contribution in [-0.2, 0) is 16.1 Å². The lowest BCUT2D eigenvalue weighted by Crippen LogP contribution is -2.53. The van der Waals surface area contributed by atoms with E-state index >= 15 is 0 Å². The molecule has 7 nitrogen and oxygen atoms in total. The molecule has 2 aromatic rings. The molecule has 2 amide bonds. The van der Waals surface area contributed by atoms with Crippen molar-refractivity contribution in [1.82, 2.24) is 25.3 Å². The van der Waals surface area contributed by atoms with E-state index in [2.05, 4.69) is 74.9 Å². The summed E-state index contributed by atoms with van der Waals surface area (Å²) in [4.78, 5) is 33.3. The van der Waals surface area contributed by atoms with E-state index in [-0.39, 0.29) is 12.1 Å². The maximum atomic E-state index is 12.6. The molecule has 8 heteroatoms. The van der Waals surface area contributed by atoms with Crippen LogP contribution in [0.1, 0.15) is 37.3 Å². The number of amides is 2. The molecule has 1 fully saturated rings. The molecule has 34 heavy (non-hydrogen) atoms. The van der Waals surface area contributed by atoms with Crippen molar-refractivity contribution in [3.63, 3.8) is 0 Å². The summed E-state index contributed by atoms with van der Waals surface area (Å²) in [5.41, 5.74) is 1.33. The molecule has 0 spiro atoms. The van der Waals surface area contributed by atoms with Crippen LogP contribution in [0.15, 0.2) is 47.8 Å². The quantitative estimate of drug-likeness (QED) is 0.479. The highest BCUT2D eigenvalue weighted by molar-refractivity contribution is 7.10. The van der Waals surface area contributed by atoms with Crippen LogP contribution in [-0.4, -0.2) is 84.9 Å². The molecule has 0 aliphatic carbocycles. The first-order valence-electron chi connectivity index (χ1n) is 12.4. The minimum absolute atomic E-state index is 0.0475. The van der Waals surface area contributed by atoms with Gasteiger partial charge in [-0.1, -0.05) is 50.2 Å². The lowest BCUT2D eigenvalue weighted by Gasteiger charge is -2.41. The molecule has 0 radical (unpaired) electrons. The zero-order valence-electron chi connectivity index (χ0n) is 20.7. The third kappa shape index (κ3) is 7.63. The molecule has 2 N–H and O–H groups in total. The summed E-state index contributed by atoms with van der Waals surface area (Å²) in [6, 6.07) is 14.6. The number of thiophene rings is 1. The van der Waals surface area contributed by atoms with Crippen molar-refractivity contribution >= 4 is 23.2 Å². The monoisotopic (exact) mass is 485 g/mol. The number of piperazine rings is 1. The van der Waals surface area contributed by atoms with Crippen molar-refractivity contribution in [2.45, 2.75) is 39.4 Å².